The Hall–Kier alpha value is -0.570. The van der Waals surface area contributed by atoms with Crippen molar-refractivity contribution in [2.45, 2.75) is 45.6 Å². The van der Waals surface area contributed by atoms with Crippen molar-refractivity contribution < 1.29 is 14.3 Å². The number of hydrogen-bond acceptors (Lipinski definition) is 3. The highest BCUT2D eigenvalue weighted by atomic mass is 16.6. The van der Waals surface area contributed by atoms with Crippen LogP contribution in [0.2, 0.25) is 0 Å². The van der Waals surface area contributed by atoms with Gasteiger partial charge < -0.3 is 9.47 Å². The lowest BCUT2D eigenvalue weighted by Crippen LogP contribution is -2.38. The molecule has 0 saturated heterocycles. The van der Waals surface area contributed by atoms with Gasteiger partial charge in [-0.3, -0.25) is 0 Å². The highest BCUT2D eigenvalue weighted by Gasteiger charge is 2.32. The maximum atomic E-state index is 11.5. The van der Waals surface area contributed by atoms with Gasteiger partial charge in [-0.2, -0.15) is 0 Å². The summed E-state index contributed by atoms with van der Waals surface area (Å²) in [5.74, 6) is -0.258. The van der Waals surface area contributed by atoms with Gasteiger partial charge in [0.05, 0.1) is 6.61 Å². The van der Waals surface area contributed by atoms with Crippen LogP contribution in [0.15, 0.2) is 0 Å². The second-order valence-electron chi connectivity index (χ2n) is 3.28. The Balaban J connectivity index is 3.92. The van der Waals surface area contributed by atoms with E-state index in [2.05, 4.69) is 6.92 Å². The quantitative estimate of drug-likeness (QED) is 0.473. The Morgan fingerprint density at radius 1 is 1.38 bits per heavy atom. The second kappa shape index (κ2) is 5.97. The second-order valence-corrected chi connectivity index (χ2v) is 3.28. The molecule has 0 N–H and O–H groups in total. The van der Waals surface area contributed by atoms with Crippen LogP contribution in [0.5, 0.6) is 0 Å². The average Bonchev–Trinajstić information content (AvgIpc) is 2.17. The van der Waals surface area contributed by atoms with Crippen LogP contribution in [-0.2, 0) is 14.3 Å². The molecule has 0 aliphatic carbocycles. The van der Waals surface area contributed by atoms with Gasteiger partial charge in [-0.25, -0.2) is 4.79 Å². The van der Waals surface area contributed by atoms with Crippen LogP contribution in [-0.4, -0.2) is 25.3 Å². The van der Waals surface area contributed by atoms with Crippen molar-refractivity contribution in [2.75, 3.05) is 13.7 Å². The van der Waals surface area contributed by atoms with E-state index < -0.39 is 5.60 Å². The topological polar surface area (TPSA) is 35.5 Å². The van der Waals surface area contributed by atoms with Crippen LogP contribution in [0, 0.1) is 0 Å². The van der Waals surface area contributed by atoms with Crippen molar-refractivity contribution in [3.63, 3.8) is 0 Å². The summed E-state index contributed by atoms with van der Waals surface area (Å²) in [5, 5.41) is 0. The first-order valence-electron chi connectivity index (χ1n) is 4.83. The van der Waals surface area contributed by atoms with E-state index >= 15 is 0 Å². The molecule has 0 radical (unpaired) electrons. The lowest BCUT2D eigenvalue weighted by molar-refractivity contribution is -0.167. The first kappa shape index (κ1) is 12.4. The molecule has 0 spiro atoms. The van der Waals surface area contributed by atoms with Gasteiger partial charge in [-0.15, -0.1) is 0 Å². The minimum absolute atomic E-state index is 0.258. The van der Waals surface area contributed by atoms with Crippen LogP contribution in [0.1, 0.15) is 40.0 Å². The molecule has 3 heteroatoms. The highest BCUT2D eigenvalue weighted by Crippen LogP contribution is 2.15. The fraction of sp³-hybridized carbons (Fsp3) is 0.900. The number of esters is 1. The van der Waals surface area contributed by atoms with Gasteiger partial charge in [0.15, 0.2) is 5.60 Å². The van der Waals surface area contributed by atoms with Gasteiger partial charge in [0.25, 0.3) is 0 Å². The van der Waals surface area contributed by atoms with Crippen LogP contribution in [0.3, 0.4) is 0 Å². The maximum absolute atomic E-state index is 11.5. The molecule has 0 amide bonds. The summed E-state index contributed by atoms with van der Waals surface area (Å²) < 4.78 is 10.2. The maximum Gasteiger partial charge on any atom is 0.338 e. The van der Waals surface area contributed by atoms with E-state index in [1.165, 1.54) is 7.11 Å². The molecular weight excluding hydrogens is 168 g/mol. The molecule has 0 aliphatic rings. The fourth-order valence-electron chi connectivity index (χ4n) is 0.834. The van der Waals surface area contributed by atoms with Gasteiger partial charge in [0.1, 0.15) is 0 Å². The van der Waals surface area contributed by atoms with Crippen molar-refractivity contribution in [1.29, 1.82) is 0 Å². The largest absolute Gasteiger partial charge is 0.464 e. The van der Waals surface area contributed by atoms with Gasteiger partial charge >= 0.3 is 5.97 Å². The van der Waals surface area contributed by atoms with Crippen molar-refractivity contribution in [3.05, 3.63) is 0 Å². The summed E-state index contributed by atoms with van der Waals surface area (Å²) in [6.07, 6.45) is 2.58. The number of rotatable bonds is 6. The molecule has 0 heterocycles. The zero-order valence-electron chi connectivity index (χ0n) is 9.05. The number of ether oxygens (including phenoxy) is 2. The number of hydrogen-bond donors (Lipinski definition) is 0. The summed E-state index contributed by atoms with van der Waals surface area (Å²) in [7, 11) is 1.53. The van der Waals surface area contributed by atoms with E-state index in [0.717, 1.165) is 12.8 Å². The predicted molar refractivity (Wildman–Crippen MR) is 51.6 cm³/mol. The standard InChI is InChI=1S/C10H20O3/c1-5-7-8-13-9(11)10(3,6-2)12-4/h5-8H2,1-4H3. The SMILES string of the molecule is CCCCOC(=O)C(C)(CC)OC. The number of methoxy groups -OCH3 is 1. The number of unbranched alkanes of at least 4 members (excludes halogenated alkanes) is 1. The fourth-order valence-corrected chi connectivity index (χ4v) is 0.834. The van der Waals surface area contributed by atoms with Crippen LogP contribution >= 0.6 is 0 Å². The van der Waals surface area contributed by atoms with E-state index in [-0.39, 0.29) is 5.97 Å². The summed E-state index contributed by atoms with van der Waals surface area (Å²) in [6, 6.07) is 0. The smallest absolute Gasteiger partial charge is 0.338 e. The molecule has 78 valence electrons. The number of carbonyl (C=O) groups excluding carboxylic acids is 1. The van der Waals surface area contributed by atoms with E-state index in [9.17, 15) is 4.79 Å². The molecule has 0 saturated carbocycles. The summed E-state index contributed by atoms with van der Waals surface area (Å²) >= 11 is 0. The lowest BCUT2D eigenvalue weighted by Gasteiger charge is -2.23. The van der Waals surface area contributed by atoms with Crippen molar-refractivity contribution in [2.24, 2.45) is 0 Å². The molecule has 0 aliphatic heterocycles. The van der Waals surface area contributed by atoms with Crippen molar-refractivity contribution >= 4 is 5.97 Å². The average molecular weight is 188 g/mol. The molecule has 0 aromatic rings. The Bertz CT molecular complexity index is 150. The van der Waals surface area contributed by atoms with Gasteiger partial charge in [-0.1, -0.05) is 20.3 Å². The lowest BCUT2D eigenvalue weighted by atomic mass is 10.0. The Morgan fingerprint density at radius 3 is 2.38 bits per heavy atom. The first-order chi connectivity index (χ1) is 6.10. The molecule has 0 rings (SSSR count). The van der Waals surface area contributed by atoms with E-state index in [0.29, 0.717) is 13.0 Å². The van der Waals surface area contributed by atoms with Crippen LogP contribution in [0.25, 0.3) is 0 Å². The van der Waals surface area contributed by atoms with E-state index in [4.69, 9.17) is 9.47 Å². The molecule has 13 heavy (non-hydrogen) atoms. The molecular formula is C10H20O3. The first-order valence-corrected chi connectivity index (χ1v) is 4.83. The van der Waals surface area contributed by atoms with Gasteiger partial charge in [0.2, 0.25) is 0 Å². The minimum Gasteiger partial charge on any atom is -0.464 e. The third-order valence-electron chi connectivity index (χ3n) is 2.29. The summed E-state index contributed by atoms with van der Waals surface area (Å²) in [5.41, 5.74) is -0.770. The van der Waals surface area contributed by atoms with Gasteiger partial charge in [-0.05, 0) is 19.8 Å². The van der Waals surface area contributed by atoms with Crippen LogP contribution < -0.4 is 0 Å². The third kappa shape index (κ3) is 3.77. The Kier molecular flexibility index (Phi) is 5.71. The highest BCUT2D eigenvalue weighted by molar-refractivity contribution is 5.78. The monoisotopic (exact) mass is 188 g/mol. The predicted octanol–water partition coefficient (Wildman–Crippen LogP) is 2.14. The number of carbonyl (C=O) groups is 1. The Morgan fingerprint density at radius 2 is 2.00 bits per heavy atom. The minimum atomic E-state index is -0.770. The third-order valence-corrected chi connectivity index (χ3v) is 2.29. The molecule has 1 unspecified atom stereocenters. The molecule has 0 aromatic carbocycles. The van der Waals surface area contributed by atoms with Crippen molar-refractivity contribution in [3.8, 4) is 0 Å². The molecule has 0 bridgehead atoms. The summed E-state index contributed by atoms with van der Waals surface area (Å²) in [6.45, 7) is 6.21. The normalized spacial score (nSPS) is 15.1. The summed E-state index contributed by atoms with van der Waals surface area (Å²) in [4.78, 5) is 11.5. The zero-order valence-corrected chi connectivity index (χ0v) is 9.05. The van der Waals surface area contributed by atoms with E-state index in [1.807, 2.05) is 6.92 Å². The molecule has 0 aromatic heterocycles. The Labute approximate surface area is 80.4 Å². The van der Waals surface area contributed by atoms with Crippen LogP contribution in [0.4, 0.5) is 0 Å². The molecule has 3 nitrogen and oxygen atoms in total. The van der Waals surface area contributed by atoms with Gasteiger partial charge in [0, 0.05) is 7.11 Å². The van der Waals surface area contributed by atoms with E-state index in [1.54, 1.807) is 6.92 Å². The van der Waals surface area contributed by atoms with Crippen molar-refractivity contribution in [1.82, 2.24) is 0 Å². The molecule has 1 atom stereocenters. The zero-order chi connectivity index (χ0) is 10.3. The molecule has 0 fully saturated rings.